The van der Waals surface area contributed by atoms with E-state index in [1.807, 2.05) is 45.0 Å². The molecule has 1 aromatic carbocycles. The van der Waals surface area contributed by atoms with Crippen molar-refractivity contribution in [2.24, 2.45) is 5.73 Å². The highest BCUT2D eigenvalue weighted by molar-refractivity contribution is 5.89. The minimum atomic E-state index is -0.481. The van der Waals surface area contributed by atoms with E-state index in [0.29, 0.717) is 6.54 Å². The van der Waals surface area contributed by atoms with Crippen LogP contribution >= 0.6 is 0 Å². The molecule has 1 unspecified atom stereocenters. The van der Waals surface area contributed by atoms with Crippen molar-refractivity contribution in [1.82, 2.24) is 0 Å². The van der Waals surface area contributed by atoms with Crippen molar-refractivity contribution >= 4 is 11.8 Å². The molecular formula is C14H20N2O2. The van der Waals surface area contributed by atoms with Gasteiger partial charge in [0.1, 0.15) is 5.60 Å². The Hall–Kier alpha value is -1.55. The van der Waals surface area contributed by atoms with Crippen molar-refractivity contribution in [2.45, 2.75) is 38.8 Å². The standard InChI is InChI=1S/C14H20N2O2/c1-14(2,3)18-13(17)16-9-8-11(15)10-6-4-5-7-12(10)16/h4-7,11H,8-9,15H2,1-3H3. The lowest BCUT2D eigenvalue weighted by atomic mass is 9.97. The number of hydrogen-bond acceptors (Lipinski definition) is 3. The predicted octanol–water partition coefficient (Wildman–Crippen LogP) is 2.83. The van der Waals surface area contributed by atoms with Gasteiger partial charge in [0.25, 0.3) is 0 Å². The summed E-state index contributed by atoms with van der Waals surface area (Å²) in [5.74, 6) is 0. The number of carbonyl (C=O) groups excluding carboxylic acids is 1. The van der Waals surface area contributed by atoms with E-state index in [1.165, 1.54) is 0 Å². The van der Waals surface area contributed by atoms with Crippen LogP contribution < -0.4 is 10.6 Å². The average molecular weight is 248 g/mol. The zero-order valence-electron chi connectivity index (χ0n) is 11.1. The lowest BCUT2D eigenvalue weighted by Crippen LogP contribution is -2.41. The highest BCUT2D eigenvalue weighted by Gasteiger charge is 2.29. The first kappa shape index (κ1) is 12.9. The fraction of sp³-hybridized carbons (Fsp3) is 0.500. The molecule has 0 bridgehead atoms. The van der Waals surface area contributed by atoms with Crippen molar-refractivity contribution in [1.29, 1.82) is 0 Å². The van der Waals surface area contributed by atoms with Crippen molar-refractivity contribution < 1.29 is 9.53 Å². The van der Waals surface area contributed by atoms with Gasteiger partial charge in [-0.15, -0.1) is 0 Å². The number of amides is 1. The zero-order chi connectivity index (χ0) is 13.3. The molecule has 1 amide bonds. The van der Waals surface area contributed by atoms with Crippen LogP contribution in [0, 0.1) is 0 Å². The van der Waals surface area contributed by atoms with Gasteiger partial charge in [0.05, 0.1) is 5.69 Å². The molecule has 2 rings (SSSR count). The Morgan fingerprint density at radius 3 is 2.72 bits per heavy atom. The van der Waals surface area contributed by atoms with E-state index in [9.17, 15) is 4.79 Å². The summed E-state index contributed by atoms with van der Waals surface area (Å²) in [7, 11) is 0. The van der Waals surface area contributed by atoms with E-state index in [-0.39, 0.29) is 12.1 Å². The van der Waals surface area contributed by atoms with Gasteiger partial charge in [-0.1, -0.05) is 18.2 Å². The van der Waals surface area contributed by atoms with E-state index < -0.39 is 5.60 Å². The van der Waals surface area contributed by atoms with Crippen LogP contribution in [0.4, 0.5) is 10.5 Å². The minimum absolute atomic E-state index is 0.000105. The maximum atomic E-state index is 12.1. The molecule has 98 valence electrons. The lowest BCUT2D eigenvalue weighted by molar-refractivity contribution is 0.0576. The third-order valence-corrected chi connectivity index (χ3v) is 2.90. The fourth-order valence-electron chi connectivity index (χ4n) is 2.10. The van der Waals surface area contributed by atoms with E-state index >= 15 is 0 Å². The zero-order valence-corrected chi connectivity index (χ0v) is 11.1. The number of nitrogens with two attached hydrogens (primary N) is 1. The topological polar surface area (TPSA) is 55.6 Å². The van der Waals surface area contributed by atoms with Crippen molar-refractivity contribution in [3.63, 3.8) is 0 Å². The second-order valence-electron chi connectivity index (χ2n) is 5.59. The summed E-state index contributed by atoms with van der Waals surface area (Å²) in [5, 5.41) is 0. The minimum Gasteiger partial charge on any atom is -0.443 e. The molecule has 0 spiro atoms. The first-order chi connectivity index (χ1) is 8.38. The van der Waals surface area contributed by atoms with Gasteiger partial charge in [0.2, 0.25) is 0 Å². The highest BCUT2D eigenvalue weighted by atomic mass is 16.6. The maximum Gasteiger partial charge on any atom is 0.414 e. The van der Waals surface area contributed by atoms with Gasteiger partial charge in [-0.25, -0.2) is 4.79 Å². The van der Waals surface area contributed by atoms with Gasteiger partial charge in [0.15, 0.2) is 0 Å². The third kappa shape index (κ3) is 2.64. The van der Waals surface area contributed by atoms with Gasteiger partial charge in [-0.2, -0.15) is 0 Å². The summed E-state index contributed by atoms with van der Waals surface area (Å²) in [6.07, 6.45) is 0.456. The molecule has 1 aliphatic heterocycles. The van der Waals surface area contributed by atoms with Gasteiger partial charge >= 0.3 is 6.09 Å². The fourth-order valence-corrected chi connectivity index (χ4v) is 2.10. The summed E-state index contributed by atoms with van der Waals surface area (Å²) in [4.78, 5) is 13.8. The van der Waals surface area contributed by atoms with Crippen LogP contribution in [0.15, 0.2) is 24.3 Å². The molecule has 0 aromatic heterocycles. The monoisotopic (exact) mass is 248 g/mol. The second kappa shape index (κ2) is 4.61. The summed E-state index contributed by atoms with van der Waals surface area (Å²) in [6, 6.07) is 7.74. The quantitative estimate of drug-likeness (QED) is 0.768. The Kier molecular flexibility index (Phi) is 3.30. The average Bonchev–Trinajstić information content (AvgIpc) is 2.27. The summed E-state index contributed by atoms with van der Waals surface area (Å²) in [6.45, 7) is 6.21. The second-order valence-corrected chi connectivity index (χ2v) is 5.59. The number of hydrogen-bond donors (Lipinski definition) is 1. The van der Waals surface area contributed by atoms with Crippen molar-refractivity contribution in [3.05, 3.63) is 29.8 Å². The Bertz CT molecular complexity index is 451. The molecule has 2 N–H and O–H groups in total. The Balaban J connectivity index is 2.26. The largest absolute Gasteiger partial charge is 0.443 e. The molecule has 1 aliphatic rings. The Labute approximate surface area is 108 Å². The van der Waals surface area contributed by atoms with Crippen LogP contribution in [0.2, 0.25) is 0 Å². The van der Waals surface area contributed by atoms with Crippen LogP contribution in [-0.2, 0) is 4.74 Å². The molecule has 0 saturated heterocycles. The van der Waals surface area contributed by atoms with Crippen LogP contribution in [0.25, 0.3) is 0 Å². The summed E-state index contributed by atoms with van der Waals surface area (Å²) in [5.41, 5.74) is 7.45. The Morgan fingerprint density at radius 1 is 1.39 bits per heavy atom. The molecule has 4 nitrogen and oxygen atoms in total. The molecule has 0 fully saturated rings. The van der Waals surface area contributed by atoms with Crippen LogP contribution in [0.5, 0.6) is 0 Å². The van der Waals surface area contributed by atoms with Crippen molar-refractivity contribution in [2.75, 3.05) is 11.4 Å². The van der Waals surface area contributed by atoms with Crippen LogP contribution in [-0.4, -0.2) is 18.2 Å². The van der Waals surface area contributed by atoms with E-state index in [1.54, 1.807) is 4.90 Å². The molecule has 1 atom stereocenters. The number of rotatable bonds is 0. The summed E-state index contributed by atoms with van der Waals surface area (Å²) >= 11 is 0. The molecule has 18 heavy (non-hydrogen) atoms. The molecule has 0 aliphatic carbocycles. The molecular weight excluding hydrogens is 228 g/mol. The number of carbonyl (C=O) groups is 1. The number of nitrogens with zero attached hydrogens (tertiary/aromatic N) is 1. The van der Waals surface area contributed by atoms with E-state index in [2.05, 4.69) is 0 Å². The number of fused-ring (bicyclic) bond motifs is 1. The van der Waals surface area contributed by atoms with Crippen molar-refractivity contribution in [3.8, 4) is 0 Å². The summed E-state index contributed by atoms with van der Waals surface area (Å²) < 4.78 is 5.42. The number of ether oxygens (including phenoxy) is 1. The molecule has 1 heterocycles. The number of anilines is 1. The number of benzene rings is 1. The maximum absolute atomic E-state index is 12.1. The SMILES string of the molecule is CC(C)(C)OC(=O)N1CCC(N)c2ccccc21. The van der Waals surface area contributed by atoms with Crippen LogP contribution in [0.3, 0.4) is 0 Å². The molecule has 0 saturated carbocycles. The lowest BCUT2D eigenvalue weighted by Gasteiger charge is -2.34. The molecule has 4 heteroatoms. The van der Waals surface area contributed by atoms with Gasteiger partial charge in [-0.3, -0.25) is 4.90 Å². The smallest absolute Gasteiger partial charge is 0.414 e. The molecule has 0 radical (unpaired) electrons. The first-order valence-electron chi connectivity index (χ1n) is 6.23. The van der Waals surface area contributed by atoms with Gasteiger partial charge in [0, 0.05) is 12.6 Å². The highest BCUT2D eigenvalue weighted by Crippen LogP contribution is 2.32. The first-order valence-corrected chi connectivity index (χ1v) is 6.23. The van der Waals surface area contributed by atoms with Gasteiger partial charge < -0.3 is 10.5 Å². The van der Waals surface area contributed by atoms with E-state index in [0.717, 1.165) is 17.7 Å². The molecule has 1 aromatic rings. The van der Waals surface area contributed by atoms with Gasteiger partial charge in [-0.05, 0) is 38.8 Å². The van der Waals surface area contributed by atoms with Crippen LogP contribution in [0.1, 0.15) is 38.8 Å². The third-order valence-electron chi connectivity index (χ3n) is 2.90. The number of para-hydroxylation sites is 1. The normalized spacial score (nSPS) is 19.3. The Morgan fingerprint density at radius 2 is 2.06 bits per heavy atom. The van der Waals surface area contributed by atoms with E-state index in [4.69, 9.17) is 10.5 Å². The predicted molar refractivity (Wildman–Crippen MR) is 71.6 cm³/mol.